The van der Waals surface area contributed by atoms with E-state index in [1.807, 2.05) is 30.4 Å². The zero-order chi connectivity index (χ0) is 10.7. The van der Waals surface area contributed by atoms with Crippen molar-refractivity contribution in [2.75, 3.05) is 12.3 Å². The van der Waals surface area contributed by atoms with E-state index in [9.17, 15) is 4.57 Å². The molecule has 0 spiro atoms. The van der Waals surface area contributed by atoms with Crippen LogP contribution in [-0.4, -0.2) is 12.3 Å². The Morgan fingerprint density at radius 3 is 2.40 bits per heavy atom. The molecule has 0 aromatic heterocycles. The molecule has 0 aliphatic carbocycles. The van der Waals surface area contributed by atoms with Crippen LogP contribution < -0.4 is 5.09 Å². The van der Waals surface area contributed by atoms with Crippen molar-refractivity contribution in [1.82, 2.24) is 5.09 Å². The van der Waals surface area contributed by atoms with Crippen molar-refractivity contribution in [1.29, 1.82) is 0 Å². The Balaban J connectivity index is 2.04. The van der Waals surface area contributed by atoms with Gasteiger partial charge >= 0.3 is 0 Å². The van der Waals surface area contributed by atoms with Gasteiger partial charge in [0.25, 0.3) is 0 Å². The van der Waals surface area contributed by atoms with Crippen LogP contribution in [0.25, 0.3) is 0 Å². The third kappa shape index (κ3) is 2.58. The number of hydrogen-bond acceptors (Lipinski definition) is 1. The van der Waals surface area contributed by atoms with Crippen molar-refractivity contribution in [2.45, 2.75) is 13.0 Å². The first-order valence-corrected chi connectivity index (χ1v) is 7.33. The molecule has 0 bridgehead atoms. The molecule has 1 aliphatic rings. The second-order valence-electron chi connectivity index (χ2n) is 3.99. The smallest absolute Gasteiger partial charge is 0.155 e. The van der Waals surface area contributed by atoms with Crippen molar-refractivity contribution >= 4 is 7.29 Å². The Morgan fingerprint density at radius 2 is 1.80 bits per heavy atom. The summed E-state index contributed by atoms with van der Waals surface area (Å²) in [6, 6.07) is 10.3. The number of rotatable bonds is 3. The fourth-order valence-corrected chi connectivity index (χ4v) is 4.03. The largest absolute Gasteiger partial charge is 0.306 e. The minimum Gasteiger partial charge on any atom is -0.306 e. The van der Waals surface area contributed by atoms with E-state index in [2.05, 4.69) is 24.1 Å². The van der Waals surface area contributed by atoms with Crippen molar-refractivity contribution < 1.29 is 4.57 Å². The van der Waals surface area contributed by atoms with Crippen molar-refractivity contribution in [3.05, 3.63) is 48.0 Å². The Kier molecular flexibility index (Phi) is 3.08. The Hall–Kier alpha value is -0.850. The van der Waals surface area contributed by atoms with E-state index in [0.29, 0.717) is 12.3 Å². The van der Waals surface area contributed by atoms with Gasteiger partial charge in [-0.2, -0.15) is 0 Å². The average Bonchev–Trinajstić information content (AvgIpc) is 2.66. The molecule has 1 aromatic carbocycles. The summed E-state index contributed by atoms with van der Waals surface area (Å²) in [5.74, 6) is 0. The molecule has 0 saturated carbocycles. The predicted molar refractivity (Wildman–Crippen MR) is 64.5 cm³/mol. The molecule has 0 saturated heterocycles. The van der Waals surface area contributed by atoms with Gasteiger partial charge in [0.15, 0.2) is 7.29 Å². The molecular weight excluding hydrogens is 205 g/mol. The molecule has 0 unspecified atom stereocenters. The van der Waals surface area contributed by atoms with E-state index >= 15 is 0 Å². The zero-order valence-electron chi connectivity index (χ0n) is 8.89. The van der Waals surface area contributed by atoms with Crippen LogP contribution in [-0.2, 0) is 4.57 Å². The minimum atomic E-state index is -2.15. The summed E-state index contributed by atoms with van der Waals surface area (Å²) in [5, 5.41) is 3.26. The van der Waals surface area contributed by atoms with Crippen LogP contribution in [0.5, 0.6) is 0 Å². The van der Waals surface area contributed by atoms with E-state index < -0.39 is 7.29 Å². The second kappa shape index (κ2) is 4.34. The van der Waals surface area contributed by atoms with Gasteiger partial charge in [-0.1, -0.05) is 42.5 Å². The van der Waals surface area contributed by atoms with E-state index in [1.165, 1.54) is 5.56 Å². The summed E-state index contributed by atoms with van der Waals surface area (Å²) < 4.78 is 12.2. The molecule has 2 rings (SSSR count). The standard InChI is InChI=1S/C12H16NOP/c1-11(12-7-3-2-4-8-12)13-15(14)9-5-6-10-15/h2-8,11H,9-10H2,1H3,(H,13,14)/t11-/m0/s1. The number of nitrogens with one attached hydrogen (secondary N) is 1. The van der Waals surface area contributed by atoms with Crippen molar-refractivity contribution in [3.8, 4) is 0 Å². The van der Waals surface area contributed by atoms with Gasteiger partial charge in [0, 0.05) is 18.4 Å². The molecule has 0 amide bonds. The Morgan fingerprint density at radius 1 is 1.20 bits per heavy atom. The first-order chi connectivity index (χ1) is 7.20. The number of benzene rings is 1. The molecule has 15 heavy (non-hydrogen) atoms. The minimum absolute atomic E-state index is 0.164. The van der Waals surface area contributed by atoms with Gasteiger partial charge in [0.2, 0.25) is 0 Å². The summed E-state index contributed by atoms with van der Waals surface area (Å²) in [5.41, 5.74) is 1.19. The highest BCUT2D eigenvalue weighted by molar-refractivity contribution is 7.62. The highest BCUT2D eigenvalue weighted by atomic mass is 31.2. The summed E-state index contributed by atoms with van der Waals surface area (Å²) >= 11 is 0. The lowest BCUT2D eigenvalue weighted by atomic mass is 10.1. The lowest BCUT2D eigenvalue weighted by Crippen LogP contribution is -2.16. The molecule has 1 atom stereocenters. The first kappa shape index (κ1) is 10.7. The Labute approximate surface area is 90.8 Å². The quantitative estimate of drug-likeness (QED) is 0.627. The van der Waals surface area contributed by atoms with Gasteiger partial charge in [0.1, 0.15) is 0 Å². The molecule has 3 heteroatoms. The molecule has 0 fully saturated rings. The van der Waals surface area contributed by atoms with Crippen LogP contribution in [0.3, 0.4) is 0 Å². The summed E-state index contributed by atoms with van der Waals surface area (Å²) in [7, 11) is -2.15. The van der Waals surface area contributed by atoms with Gasteiger partial charge < -0.3 is 4.57 Å². The highest BCUT2D eigenvalue weighted by Gasteiger charge is 2.24. The van der Waals surface area contributed by atoms with Crippen LogP contribution in [0.2, 0.25) is 0 Å². The fraction of sp³-hybridized carbons (Fsp3) is 0.333. The van der Waals surface area contributed by atoms with Gasteiger partial charge in [-0.15, -0.1) is 0 Å². The van der Waals surface area contributed by atoms with Crippen molar-refractivity contribution in [3.63, 3.8) is 0 Å². The van der Waals surface area contributed by atoms with Gasteiger partial charge in [0.05, 0.1) is 0 Å². The maximum atomic E-state index is 12.2. The van der Waals surface area contributed by atoms with Crippen LogP contribution in [0.15, 0.2) is 42.5 Å². The van der Waals surface area contributed by atoms with Crippen LogP contribution in [0.1, 0.15) is 18.5 Å². The van der Waals surface area contributed by atoms with Crippen LogP contribution in [0, 0.1) is 0 Å². The first-order valence-electron chi connectivity index (χ1n) is 5.25. The van der Waals surface area contributed by atoms with E-state index in [-0.39, 0.29) is 6.04 Å². The van der Waals surface area contributed by atoms with Crippen molar-refractivity contribution in [2.24, 2.45) is 0 Å². The number of allylic oxidation sites excluding steroid dienone is 2. The molecule has 1 aliphatic heterocycles. The SMILES string of the molecule is C[C@H](NP1(=O)CC=CC1)c1ccccc1. The maximum Gasteiger partial charge on any atom is 0.155 e. The van der Waals surface area contributed by atoms with Crippen LogP contribution >= 0.6 is 7.29 Å². The average molecular weight is 221 g/mol. The summed E-state index contributed by atoms with van der Waals surface area (Å²) in [4.78, 5) is 0. The predicted octanol–water partition coefficient (Wildman–Crippen LogP) is 3.19. The van der Waals surface area contributed by atoms with Gasteiger partial charge in [-0.3, -0.25) is 5.09 Å². The molecule has 1 aromatic rings. The topological polar surface area (TPSA) is 29.1 Å². The molecule has 1 N–H and O–H groups in total. The highest BCUT2D eigenvalue weighted by Crippen LogP contribution is 2.46. The maximum absolute atomic E-state index is 12.2. The van der Waals surface area contributed by atoms with Gasteiger partial charge in [-0.25, -0.2) is 0 Å². The molecule has 80 valence electrons. The Bertz CT molecular complexity index is 387. The molecule has 1 heterocycles. The summed E-state index contributed by atoms with van der Waals surface area (Å²) in [6.07, 6.45) is 5.41. The molecule has 0 radical (unpaired) electrons. The third-order valence-corrected chi connectivity index (χ3v) is 5.16. The van der Waals surface area contributed by atoms with Gasteiger partial charge in [-0.05, 0) is 12.5 Å². The molecule has 2 nitrogen and oxygen atoms in total. The van der Waals surface area contributed by atoms with Crippen LogP contribution in [0.4, 0.5) is 0 Å². The lowest BCUT2D eigenvalue weighted by Gasteiger charge is -2.20. The van der Waals surface area contributed by atoms with E-state index in [4.69, 9.17) is 0 Å². The summed E-state index contributed by atoms with van der Waals surface area (Å²) in [6.45, 7) is 2.06. The third-order valence-electron chi connectivity index (χ3n) is 2.70. The zero-order valence-corrected chi connectivity index (χ0v) is 9.78. The molecular formula is C12H16NOP. The monoisotopic (exact) mass is 221 g/mol. The fourth-order valence-electron chi connectivity index (χ4n) is 1.84. The normalized spacial score (nSPS) is 20.3. The van der Waals surface area contributed by atoms with E-state index in [0.717, 1.165) is 0 Å². The lowest BCUT2D eigenvalue weighted by molar-refractivity contribution is 0.559. The number of hydrogen-bond donors (Lipinski definition) is 1. The second-order valence-corrected chi connectivity index (χ2v) is 6.75. The van der Waals surface area contributed by atoms with E-state index in [1.54, 1.807) is 0 Å².